The molecule has 0 aromatic heterocycles. The SMILES string of the molecule is O=S(=O)([O-])c1cc(S(=O)(=O)O)ccc1C1=c2cc3c4c(c2Oc2ccc(Br)cc21)CCC[N+]=4CCC3. The molecule has 0 saturated heterocycles. The summed E-state index contributed by atoms with van der Waals surface area (Å²) >= 11 is 3.46. The third kappa shape index (κ3) is 3.81. The van der Waals surface area contributed by atoms with E-state index < -0.39 is 30.0 Å². The van der Waals surface area contributed by atoms with Crippen LogP contribution in [0.1, 0.15) is 35.1 Å². The van der Waals surface area contributed by atoms with E-state index in [0.29, 0.717) is 27.9 Å². The summed E-state index contributed by atoms with van der Waals surface area (Å²) in [5, 5.41) is 1.83. The molecule has 0 bridgehead atoms. The lowest BCUT2D eigenvalue weighted by Gasteiger charge is -2.27. The van der Waals surface area contributed by atoms with Gasteiger partial charge in [-0.1, -0.05) is 22.0 Å². The molecule has 3 aliphatic rings. The molecule has 3 aliphatic heterocycles. The molecule has 186 valence electrons. The van der Waals surface area contributed by atoms with E-state index in [1.807, 2.05) is 12.1 Å². The first kappa shape index (κ1) is 23.8. The molecular formula is C25H20BrNO7S2. The lowest BCUT2D eigenvalue weighted by Crippen LogP contribution is -2.45. The molecule has 11 heteroatoms. The van der Waals surface area contributed by atoms with Crippen molar-refractivity contribution in [2.75, 3.05) is 13.1 Å². The average Bonchev–Trinajstić information content (AvgIpc) is 2.82. The first-order valence-electron chi connectivity index (χ1n) is 11.4. The van der Waals surface area contributed by atoms with E-state index in [-0.39, 0.29) is 5.56 Å². The van der Waals surface area contributed by atoms with Gasteiger partial charge in [0.1, 0.15) is 34.7 Å². The Labute approximate surface area is 216 Å². The highest BCUT2D eigenvalue weighted by Crippen LogP contribution is 2.41. The third-order valence-electron chi connectivity index (χ3n) is 6.95. The number of nitrogens with zero attached hydrogens (tertiary/aromatic N) is 1. The maximum atomic E-state index is 12.4. The molecule has 0 aliphatic carbocycles. The van der Waals surface area contributed by atoms with Gasteiger partial charge in [-0.25, -0.2) is 13.0 Å². The minimum absolute atomic E-state index is 0.0527. The topological polar surface area (TPSA) is 124 Å². The number of fused-ring (bicyclic) bond motifs is 3. The summed E-state index contributed by atoms with van der Waals surface area (Å²) in [4.78, 5) is -1.39. The second-order valence-electron chi connectivity index (χ2n) is 9.14. The highest BCUT2D eigenvalue weighted by atomic mass is 79.9. The minimum Gasteiger partial charge on any atom is -0.744 e. The van der Waals surface area contributed by atoms with Gasteiger partial charge in [0.05, 0.1) is 15.4 Å². The van der Waals surface area contributed by atoms with Crippen molar-refractivity contribution in [3.8, 4) is 11.5 Å². The summed E-state index contributed by atoms with van der Waals surface area (Å²) < 4.78 is 79.6. The monoisotopic (exact) mass is 589 g/mol. The van der Waals surface area contributed by atoms with Crippen molar-refractivity contribution in [2.24, 2.45) is 0 Å². The van der Waals surface area contributed by atoms with Gasteiger partial charge in [-0.05, 0) is 49.2 Å². The van der Waals surface area contributed by atoms with E-state index in [0.717, 1.165) is 66.5 Å². The van der Waals surface area contributed by atoms with Gasteiger partial charge in [0.25, 0.3) is 10.1 Å². The van der Waals surface area contributed by atoms with Gasteiger partial charge in [-0.2, -0.15) is 8.42 Å². The van der Waals surface area contributed by atoms with Crippen molar-refractivity contribution < 1.29 is 30.7 Å². The van der Waals surface area contributed by atoms with Crippen LogP contribution in [-0.4, -0.2) is 39.0 Å². The van der Waals surface area contributed by atoms with Gasteiger partial charge < -0.3 is 9.29 Å². The first-order valence-corrected chi connectivity index (χ1v) is 15.0. The van der Waals surface area contributed by atoms with Crippen LogP contribution in [0.4, 0.5) is 0 Å². The highest BCUT2D eigenvalue weighted by molar-refractivity contribution is 9.10. The molecule has 0 unspecified atom stereocenters. The fourth-order valence-electron chi connectivity index (χ4n) is 5.54. The van der Waals surface area contributed by atoms with Crippen LogP contribution < -0.4 is 19.9 Å². The van der Waals surface area contributed by atoms with Crippen molar-refractivity contribution in [3.63, 3.8) is 0 Å². The molecule has 0 fully saturated rings. The smallest absolute Gasteiger partial charge is 0.294 e. The number of halogens is 1. The van der Waals surface area contributed by atoms with Crippen molar-refractivity contribution >= 4 is 41.7 Å². The van der Waals surface area contributed by atoms with Crippen LogP contribution in [0, 0.1) is 0 Å². The summed E-state index contributed by atoms with van der Waals surface area (Å²) in [5.74, 6) is 1.12. The van der Waals surface area contributed by atoms with Crippen LogP contribution in [0.3, 0.4) is 0 Å². The van der Waals surface area contributed by atoms with Gasteiger partial charge in [-0.15, -0.1) is 0 Å². The second-order valence-corrected chi connectivity index (χ2v) is 12.8. The third-order valence-corrected chi connectivity index (χ3v) is 9.17. The van der Waals surface area contributed by atoms with Crippen molar-refractivity contribution in [3.05, 3.63) is 79.8 Å². The molecule has 36 heavy (non-hydrogen) atoms. The molecule has 0 atom stereocenters. The Bertz CT molecular complexity index is 1830. The molecule has 3 aromatic carbocycles. The molecule has 1 N–H and O–H groups in total. The molecule has 3 aromatic rings. The second kappa shape index (κ2) is 8.22. The Hall–Kier alpha value is -2.57. The zero-order valence-electron chi connectivity index (χ0n) is 18.8. The van der Waals surface area contributed by atoms with E-state index >= 15 is 0 Å². The molecule has 0 radical (unpaired) electrons. The van der Waals surface area contributed by atoms with Crippen LogP contribution in [0.5, 0.6) is 11.5 Å². The van der Waals surface area contributed by atoms with Gasteiger partial charge in [0, 0.05) is 44.8 Å². The summed E-state index contributed by atoms with van der Waals surface area (Å²) in [7, 11) is -9.85. The molecule has 8 nitrogen and oxygen atoms in total. The quantitative estimate of drug-likeness (QED) is 0.287. The van der Waals surface area contributed by atoms with Crippen LogP contribution in [0.2, 0.25) is 0 Å². The van der Waals surface area contributed by atoms with E-state index in [1.54, 1.807) is 12.1 Å². The maximum absolute atomic E-state index is 12.4. The Kier molecular flexibility index (Phi) is 5.44. The predicted octanol–water partition coefficient (Wildman–Crippen LogP) is 2.34. The summed E-state index contributed by atoms with van der Waals surface area (Å²) in [6.07, 6.45) is 3.61. The lowest BCUT2D eigenvalue weighted by molar-refractivity contribution is 0.437. The number of ether oxygens (including phenoxy) is 1. The summed E-state index contributed by atoms with van der Waals surface area (Å²) in [6, 6.07) is 10.4. The minimum atomic E-state index is -5.12. The lowest BCUT2D eigenvalue weighted by atomic mass is 9.87. The summed E-state index contributed by atoms with van der Waals surface area (Å²) in [5.41, 5.74) is 3.27. The average molecular weight is 590 g/mol. The fourth-order valence-corrected chi connectivity index (χ4v) is 7.19. The Morgan fingerprint density at radius 2 is 1.69 bits per heavy atom. The first-order chi connectivity index (χ1) is 17.0. The van der Waals surface area contributed by atoms with Crippen LogP contribution in [0.25, 0.3) is 5.57 Å². The number of hydrogen-bond donors (Lipinski definition) is 1. The largest absolute Gasteiger partial charge is 0.744 e. The number of hydrogen-bond acceptors (Lipinski definition) is 6. The van der Waals surface area contributed by atoms with Crippen LogP contribution in [-0.2, 0) is 33.1 Å². The highest BCUT2D eigenvalue weighted by Gasteiger charge is 2.32. The number of benzene rings is 3. The van der Waals surface area contributed by atoms with Crippen molar-refractivity contribution in [1.29, 1.82) is 0 Å². The molecule has 3 heterocycles. The van der Waals surface area contributed by atoms with Crippen molar-refractivity contribution in [2.45, 2.75) is 35.5 Å². The molecule has 6 rings (SSSR count). The Morgan fingerprint density at radius 3 is 2.42 bits per heavy atom. The molecule has 0 amide bonds. The van der Waals surface area contributed by atoms with Gasteiger partial charge >= 0.3 is 0 Å². The Balaban J connectivity index is 1.81. The molecule has 0 saturated carbocycles. The van der Waals surface area contributed by atoms with Gasteiger partial charge in [0.15, 0.2) is 0 Å². The summed E-state index contributed by atoms with van der Waals surface area (Å²) in [6.45, 7) is 1.93. The maximum Gasteiger partial charge on any atom is 0.294 e. The number of rotatable bonds is 3. The van der Waals surface area contributed by atoms with Gasteiger partial charge in [-0.3, -0.25) is 4.55 Å². The standard InChI is InChI=1S/C25H20BrNO7S2/c26-15-5-8-21-19(12-15)23(17-7-6-16(35(28,29)30)13-22(17)36(31,32)33)20-11-14-3-1-9-27-10-2-4-18(24(14)27)25(20)34-21/h5-8,11-13H,1-4,9-10H2,(H-,28,29,30,31,32,33). The van der Waals surface area contributed by atoms with E-state index in [4.69, 9.17) is 4.74 Å². The van der Waals surface area contributed by atoms with E-state index in [1.165, 1.54) is 11.4 Å². The molecule has 0 spiro atoms. The Morgan fingerprint density at radius 1 is 0.944 bits per heavy atom. The van der Waals surface area contributed by atoms with E-state index in [9.17, 15) is 25.9 Å². The van der Waals surface area contributed by atoms with Crippen LogP contribution >= 0.6 is 15.9 Å². The van der Waals surface area contributed by atoms with Crippen LogP contribution in [0.15, 0.2) is 56.7 Å². The van der Waals surface area contributed by atoms with Gasteiger partial charge in [0.2, 0.25) is 5.36 Å². The normalized spacial score (nSPS) is 16.6. The zero-order chi connectivity index (χ0) is 25.4. The predicted molar refractivity (Wildman–Crippen MR) is 133 cm³/mol. The van der Waals surface area contributed by atoms with E-state index in [2.05, 4.69) is 20.5 Å². The fraction of sp³-hybridized carbons (Fsp3) is 0.240. The van der Waals surface area contributed by atoms with Crippen molar-refractivity contribution in [1.82, 2.24) is 4.58 Å². The zero-order valence-corrected chi connectivity index (χ0v) is 22.0. The molecular weight excluding hydrogens is 570 g/mol. The number of aryl methyl sites for hydroxylation is 1.